The van der Waals surface area contributed by atoms with Gasteiger partial charge in [0.05, 0.1) is 11.6 Å². The van der Waals surface area contributed by atoms with Crippen LogP contribution in [0.25, 0.3) is 10.9 Å². The quantitative estimate of drug-likeness (QED) is 0.883. The van der Waals surface area contributed by atoms with Crippen molar-refractivity contribution in [2.24, 2.45) is 11.8 Å². The number of fused-ring (bicyclic) bond motifs is 4. The Bertz CT molecular complexity index is 693. The normalized spacial score (nSPS) is 32.0. The molecule has 0 spiro atoms. The summed E-state index contributed by atoms with van der Waals surface area (Å²) >= 11 is 0. The van der Waals surface area contributed by atoms with Gasteiger partial charge in [0.15, 0.2) is 0 Å². The van der Waals surface area contributed by atoms with Crippen LogP contribution in [0.5, 0.6) is 0 Å². The Balaban J connectivity index is 1.67. The Morgan fingerprint density at radius 2 is 2.18 bits per heavy atom. The molecule has 5 rings (SSSR count). The van der Waals surface area contributed by atoms with Gasteiger partial charge in [0, 0.05) is 24.2 Å². The van der Waals surface area contributed by atoms with Crippen LogP contribution in [-0.2, 0) is 0 Å². The summed E-state index contributed by atoms with van der Waals surface area (Å²) in [6, 6.07) is 10.3. The van der Waals surface area contributed by atoms with E-state index in [0.717, 1.165) is 36.0 Å². The molecular formula is C19H22N2O. The fraction of sp³-hybridized carbons (Fsp3) is 0.421. The highest BCUT2D eigenvalue weighted by Gasteiger charge is 2.42. The van der Waals surface area contributed by atoms with Crippen LogP contribution in [0.15, 0.2) is 49.2 Å². The second-order valence-electron chi connectivity index (χ2n) is 6.61. The summed E-state index contributed by atoms with van der Waals surface area (Å²) in [6.07, 6.45) is 5.76. The van der Waals surface area contributed by atoms with Crippen LogP contribution < -0.4 is 0 Å². The van der Waals surface area contributed by atoms with E-state index in [4.69, 9.17) is 0 Å². The van der Waals surface area contributed by atoms with Crippen molar-refractivity contribution in [1.82, 2.24) is 9.88 Å². The fourth-order valence-corrected chi connectivity index (χ4v) is 4.29. The number of pyridine rings is 1. The summed E-state index contributed by atoms with van der Waals surface area (Å²) in [5, 5.41) is 12.1. The van der Waals surface area contributed by atoms with E-state index >= 15 is 0 Å². The van der Waals surface area contributed by atoms with Crippen LogP contribution in [-0.4, -0.2) is 34.1 Å². The molecule has 3 heteroatoms. The molecule has 0 aliphatic carbocycles. The van der Waals surface area contributed by atoms with Crippen molar-refractivity contribution in [3.8, 4) is 0 Å². The molecular weight excluding hydrogens is 272 g/mol. The third-order valence-electron chi connectivity index (χ3n) is 5.52. The minimum absolute atomic E-state index is 0.223. The summed E-state index contributed by atoms with van der Waals surface area (Å²) in [6.45, 7) is 6.11. The number of benzene rings is 1. The van der Waals surface area contributed by atoms with Crippen molar-refractivity contribution >= 4 is 10.9 Å². The number of para-hydroxylation sites is 1. The molecule has 3 saturated heterocycles. The van der Waals surface area contributed by atoms with Gasteiger partial charge in [-0.1, -0.05) is 24.3 Å². The number of aliphatic hydroxyl groups is 1. The highest BCUT2D eigenvalue weighted by molar-refractivity contribution is 5.82. The summed E-state index contributed by atoms with van der Waals surface area (Å²) in [5.74, 6) is 1.27. The molecule has 3 aliphatic heterocycles. The van der Waals surface area contributed by atoms with Crippen LogP contribution in [0.4, 0.5) is 0 Å². The van der Waals surface area contributed by atoms with Crippen molar-refractivity contribution in [2.45, 2.75) is 25.0 Å². The Morgan fingerprint density at radius 1 is 1.32 bits per heavy atom. The molecule has 114 valence electrons. The van der Waals surface area contributed by atoms with Gasteiger partial charge in [-0.25, -0.2) is 0 Å². The molecule has 0 saturated carbocycles. The Morgan fingerprint density at radius 3 is 2.95 bits per heavy atom. The van der Waals surface area contributed by atoms with Gasteiger partial charge < -0.3 is 5.11 Å². The number of hydrogen-bond donors (Lipinski definition) is 1. The zero-order chi connectivity index (χ0) is 15.1. The third-order valence-corrected chi connectivity index (χ3v) is 5.52. The topological polar surface area (TPSA) is 36.4 Å². The minimum Gasteiger partial charge on any atom is -0.387 e. The molecule has 22 heavy (non-hydrogen) atoms. The molecule has 3 unspecified atom stereocenters. The van der Waals surface area contributed by atoms with Crippen LogP contribution in [0, 0.1) is 11.8 Å². The van der Waals surface area contributed by atoms with Gasteiger partial charge in [0.25, 0.3) is 0 Å². The highest BCUT2D eigenvalue weighted by Crippen LogP contribution is 2.41. The van der Waals surface area contributed by atoms with Crippen LogP contribution in [0.3, 0.4) is 0 Å². The molecule has 5 atom stereocenters. The minimum atomic E-state index is -0.443. The van der Waals surface area contributed by atoms with E-state index in [1.54, 1.807) is 0 Å². The van der Waals surface area contributed by atoms with Gasteiger partial charge in [0.1, 0.15) is 0 Å². The molecule has 1 N–H and O–H groups in total. The maximum Gasteiger partial charge on any atom is 0.0952 e. The molecule has 1 aromatic carbocycles. The van der Waals surface area contributed by atoms with E-state index in [-0.39, 0.29) is 6.04 Å². The first-order valence-corrected chi connectivity index (χ1v) is 8.16. The average Bonchev–Trinajstić information content (AvgIpc) is 2.60. The zero-order valence-electron chi connectivity index (χ0n) is 12.7. The van der Waals surface area contributed by atoms with Crippen molar-refractivity contribution in [2.75, 3.05) is 13.1 Å². The van der Waals surface area contributed by atoms with Gasteiger partial charge in [-0.3, -0.25) is 9.88 Å². The van der Waals surface area contributed by atoms with E-state index in [1.165, 1.54) is 6.42 Å². The first kappa shape index (κ1) is 13.9. The zero-order valence-corrected chi connectivity index (χ0v) is 12.7. The van der Waals surface area contributed by atoms with Gasteiger partial charge in [0.2, 0.25) is 0 Å². The molecule has 3 nitrogen and oxygen atoms in total. The summed E-state index contributed by atoms with van der Waals surface area (Å²) < 4.78 is 0. The Kier molecular flexibility index (Phi) is 3.47. The Hall–Kier alpha value is -1.71. The molecule has 2 bridgehead atoms. The smallest absolute Gasteiger partial charge is 0.0952 e. The number of aliphatic hydroxyl groups excluding tert-OH is 1. The number of rotatable bonds is 3. The van der Waals surface area contributed by atoms with Crippen molar-refractivity contribution in [1.29, 1.82) is 0 Å². The molecule has 1 aromatic heterocycles. The van der Waals surface area contributed by atoms with Gasteiger partial charge >= 0.3 is 0 Å². The molecule has 4 heterocycles. The SMILES string of the molecule is C=C[C@H]1CN2CCC1C[C@@H]2C(O)c1ccnc2ccccc12. The average molecular weight is 294 g/mol. The van der Waals surface area contributed by atoms with E-state index in [2.05, 4.69) is 28.6 Å². The van der Waals surface area contributed by atoms with Crippen LogP contribution in [0.1, 0.15) is 24.5 Å². The second kappa shape index (κ2) is 5.49. The van der Waals surface area contributed by atoms with Crippen molar-refractivity contribution in [3.05, 3.63) is 54.7 Å². The van der Waals surface area contributed by atoms with Crippen LogP contribution in [0.2, 0.25) is 0 Å². The van der Waals surface area contributed by atoms with Crippen LogP contribution >= 0.6 is 0 Å². The van der Waals surface area contributed by atoms with Gasteiger partial charge in [-0.2, -0.15) is 0 Å². The number of nitrogens with zero attached hydrogens (tertiary/aromatic N) is 2. The lowest BCUT2D eigenvalue weighted by Crippen LogP contribution is -2.54. The third kappa shape index (κ3) is 2.16. The number of aromatic nitrogens is 1. The molecule has 2 aromatic rings. The molecule has 3 fully saturated rings. The molecule has 0 amide bonds. The molecule has 0 radical (unpaired) electrons. The maximum absolute atomic E-state index is 11.0. The van der Waals surface area contributed by atoms with Crippen molar-refractivity contribution in [3.63, 3.8) is 0 Å². The largest absolute Gasteiger partial charge is 0.387 e. The Labute approximate surface area is 131 Å². The van der Waals surface area contributed by atoms with E-state index < -0.39 is 6.10 Å². The summed E-state index contributed by atoms with van der Waals surface area (Å²) in [7, 11) is 0. The van der Waals surface area contributed by atoms with Gasteiger partial charge in [-0.05, 0) is 48.9 Å². The van der Waals surface area contributed by atoms with E-state index in [9.17, 15) is 5.11 Å². The second-order valence-corrected chi connectivity index (χ2v) is 6.61. The summed E-state index contributed by atoms with van der Waals surface area (Å²) in [5.41, 5.74) is 1.97. The lowest BCUT2D eigenvalue weighted by atomic mass is 9.73. The fourth-order valence-electron chi connectivity index (χ4n) is 4.29. The van der Waals surface area contributed by atoms with Crippen molar-refractivity contribution < 1.29 is 5.11 Å². The standard InChI is InChI=1S/C19H22N2O/c1-2-13-12-21-10-8-14(13)11-18(21)19(22)16-7-9-20-17-6-4-3-5-15(16)17/h2-7,9,13-14,18-19,22H,1,8,10-12H2/t13-,14?,18+,19?/m0/s1. The number of hydrogen-bond acceptors (Lipinski definition) is 3. The summed E-state index contributed by atoms with van der Waals surface area (Å²) in [4.78, 5) is 6.86. The maximum atomic E-state index is 11.0. The first-order valence-electron chi connectivity index (χ1n) is 8.16. The first-order chi connectivity index (χ1) is 10.8. The highest BCUT2D eigenvalue weighted by atomic mass is 16.3. The molecule has 3 aliphatic rings. The van der Waals surface area contributed by atoms with E-state index in [1.807, 2.05) is 30.5 Å². The van der Waals surface area contributed by atoms with E-state index in [0.29, 0.717) is 11.8 Å². The predicted molar refractivity (Wildman–Crippen MR) is 88.5 cm³/mol. The monoisotopic (exact) mass is 294 g/mol. The number of piperidine rings is 3. The van der Waals surface area contributed by atoms with Gasteiger partial charge in [-0.15, -0.1) is 6.58 Å². The lowest BCUT2D eigenvalue weighted by Gasteiger charge is -2.50. The lowest BCUT2D eigenvalue weighted by molar-refractivity contribution is -0.0444. The predicted octanol–water partition coefficient (Wildman–Crippen LogP) is 3.16.